The highest BCUT2D eigenvalue weighted by molar-refractivity contribution is 5.14. The van der Waals surface area contributed by atoms with Gasteiger partial charge in [-0.3, -0.25) is 0 Å². The second-order valence-corrected chi connectivity index (χ2v) is 3.93. The zero-order chi connectivity index (χ0) is 9.31. The first-order valence-electron chi connectivity index (χ1n) is 4.71. The smallest absolute Gasteiger partial charge is 0.105 e. The van der Waals surface area contributed by atoms with Crippen LogP contribution in [0.5, 0.6) is 0 Å². The van der Waals surface area contributed by atoms with Crippen LogP contribution in [0.3, 0.4) is 0 Å². The van der Waals surface area contributed by atoms with Gasteiger partial charge in [-0.15, -0.1) is 0 Å². The van der Waals surface area contributed by atoms with Gasteiger partial charge in [-0.2, -0.15) is 5.26 Å². The fraction of sp³-hybridized carbons (Fsp3) is 0.545. The van der Waals surface area contributed by atoms with Crippen LogP contribution in [0.4, 0.5) is 0 Å². The minimum absolute atomic E-state index is 0.107. The van der Waals surface area contributed by atoms with Crippen molar-refractivity contribution in [1.82, 2.24) is 0 Å². The fourth-order valence-electron chi connectivity index (χ4n) is 1.85. The summed E-state index contributed by atoms with van der Waals surface area (Å²) in [5, 5.41) is 9.01. The molecule has 1 heterocycles. The van der Waals surface area contributed by atoms with E-state index >= 15 is 0 Å². The molecule has 1 fully saturated rings. The Kier molecular flexibility index (Phi) is 1.88. The van der Waals surface area contributed by atoms with E-state index in [1.54, 1.807) is 0 Å². The van der Waals surface area contributed by atoms with Crippen LogP contribution in [0.1, 0.15) is 30.8 Å². The van der Waals surface area contributed by atoms with Crippen LogP contribution < -0.4 is 0 Å². The first-order chi connectivity index (χ1) is 6.24. The molecular formula is C11H13NO. The summed E-state index contributed by atoms with van der Waals surface area (Å²) >= 11 is 0. The van der Waals surface area contributed by atoms with Gasteiger partial charge in [-0.25, -0.2) is 0 Å². The topological polar surface area (TPSA) is 36.9 Å². The molecule has 1 aliphatic carbocycles. The molecule has 0 aromatic carbocycles. The minimum Gasteiger partial charge on any atom is -0.466 e. The van der Waals surface area contributed by atoms with E-state index in [0.29, 0.717) is 0 Å². The Balaban J connectivity index is 2.09. The third-order valence-electron chi connectivity index (χ3n) is 2.86. The van der Waals surface area contributed by atoms with Crippen LogP contribution in [0.15, 0.2) is 16.5 Å². The molecule has 2 nitrogen and oxygen atoms in total. The summed E-state index contributed by atoms with van der Waals surface area (Å²) in [5.74, 6) is 1.89. The largest absolute Gasteiger partial charge is 0.466 e. The molecule has 0 N–H and O–H groups in total. The maximum absolute atomic E-state index is 9.01. The number of nitrogens with zero attached hydrogens (tertiary/aromatic N) is 1. The molecule has 1 saturated carbocycles. The average Bonchev–Trinajstić information content (AvgIpc) is 2.44. The summed E-state index contributed by atoms with van der Waals surface area (Å²) in [7, 11) is 0. The van der Waals surface area contributed by atoms with E-state index < -0.39 is 0 Å². The van der Waals surface area contributed by atoms with E-state index in [9.17, 15) is 0 Å². The van der Waals surface area contributed by atoms with Crippen LogP contribution in [-0.2, 0) is 6.42 Å². The van der Waals surface area contributed by atoms with Gasteiger partial charge in [0.25, 0.3) is 0 Å². The summed E-state index contributed by atoms with van der Waals surface area (Å²) in [4.78, 5) is 0. The number of aryl methyl sites for hydroxylation is 1. The highest BCUT2D eigenvalue weighted by atomic mass is 16.3. The third kappa shape index (κ3) is 1.47. The lowest BCUT2D eigenvalue weighted by Gasteiger charge is -2.34. The summed E-state index contributed by atoms with van der Waals surface area (Å²) in [6, 6.07) is 6.35. The van der Waals surface area contributed by atoms with Gasteiger partial charge in [0.15, 0.2) is 0 Å². The highest BCUT2D eigenvalue weighted by Crippen LogP contribution is 2.43. The predicted octanol–water partition coefficient (Wildman–Crippen LogP) is 2.82. The van der Waals surface area contributed by atoms with Crippen molar-refractivity contribution in [3.8, 4) is 6.07 Å². The molecule has 68 valence electrons. The monoisotopic (exact) mass is 175 g/mol. The van der Waals surface area contributed by atoms with Gasteiger partial charge >= 0.3 is 0 Å². The van der Waals surface area contributed by atoms with Crippen molar-refractivity contribution in [2.24, 2.45) is 5.41 Å². The molecule has 1 aliphatic rings. The first-order valence-corrected chi connectivity index (χ1v) is 4.71. The number of rotatable bonds is 2. The number of nitriles is 1. The van der Waals surface area contributed by atoms with Crippen molar-refractivity contribution in [3.63, 3.8) is 0 Å². The van der Waals surface area contributed by atoms with Gasteiger partial charge in [-0.1, -0.05) is 6.42 Å². The fourth-order valence-corrected chi connectivity index (χ4v) is 1.85. The lowest BCUT2D eigenvalue weighted by atomic mass is 9.67. The van der Waals surface area contributed by atoms with Crippen LogP contribution >= 0.6 is 0 Å². The Morgan fingerprint density at radius 2 is 2.31 bits per heavy atom. The second-order valence-electron chi connectivity index (χ2n) is 3.93. The highest BCUT2D eigenvalue weighted by Gasteiger charge is 2.38. The predicted molar refractivity (Wildman–Crippen MR) is 49.0 cm³/mol. The number of hydrogen-bond donors (Lipinski definition) is 0. The zero-order valence-electron chi connectivity index (χ0n) is 7.84. The summed E-state index contributed by atoms with van der Waals surface area (Å²) in [6.45, 7) is 1.93. The van der Waals surface area contributed by atoms with Gasteiger partial charge < -0.3 is 4.42 Å². The molecule has 1 aromatic rings. The van der Waals surface area contributed by atoms with Gasteiger partial charge in [0.1, 0.15) is 11.5 Å². The van der Waals surface area contributed by atoms with Crippen molar-refractivity contribution in [1.29, 1.82) is 5.26 Å². The Morgan fingerprint density at radius 3 is 2.69 bits per heavy atom. The van der Waals surface area contributed by atoms with E-state index in [1.807, 2.05) is 19.1 Å². The standard InChI is InChI=1S/C11H13NO/c1-9-3-4-10(13-9)7-11(8-12)5-2-6-11/h3-4H,2,5-7H2,1H3. The van der Waals surface area contributed by atoms with E-state index in [-0.39, 0.29) is 5.41 Å². The zero-order valence-corrected chi connectivity index (χ0v) is 7.84. The van der Waals surface area contributed by atoms with E-state index in [0.717, 1.165) is 30.8 Å². The molecular weight excluding hydrogens is 162 g/mol. The normalized spacial score (nSPS) is 19.1. The SMILES string of the molecule is Cc1ccc(CC2(C#N)CCC2)o1. The molecule has 0 atom stereocenters. The van der Waals surface area contributed by atoms with Crippen molar-refractivity contribution >= 4 is 0 Å². The maximum Gasteiger partial charge on any atom is 0.105 e. The lowest BCUT2D eigenvalue weighted by molar-refractivity contribution is 0.200. The molecule has 0 unspecified atom stereocenters. The van der Waals surface area contributed by atoms with Crippen LogP contribution in [0, 0.1) is 23.7 Å². The van der Waals surface area contributed by atoms with Gasteiger partial charge in [0.05, 0.1) is 11.5 Å². The van der Waals surface area contributed by atoms with E-state index in [1.165, 1.54) is 6.42 Å². The summed E-state index contributed by atoms with van der Waals surface area (Å²) in [5.41, 5.74) is -0.107. The molecule has 1 aromatic heterocycles. The quantitative estimate of drug-likeness (QED) is 0.693. The average molecular weight is 175 g/mol. The molecule has 2 heteroatoms. The molecule has 0 amide bonds. The van der Waals surface area contributed by atoms with Gasteiger partial charge in [0.2, 0.25) is 0 Å². The van der Waals surface area contributed by atoms with E-state index in [2.05, 4.69) is 6.07 Å². The number of hydrogen-bond acceptors (Lipinski definition) is 2. The van der Waals surface area contributed by atoms with Crippen LogP contribution in [0.2, 0.25) is 0 Å². The molecule has 0 bridgehead atoms. The minimum atomic E-state index is -0.107. The summed E-state index contributed by atoms with van der Waals surface area (Å²) < 4.78 is 5.47. The first kappa shape index (κ1) is 8.37. The Hall–Kier alpha value is -1.23. The molecule has 2 rings (SSSR count). The molecule has 0 spiro atoms. The Bertz CT molecular complexity index is 341. The van der Waals surface area contributed by atoms with Crippen molar-refractivity contribution in [2.45, 2.75) is 32.6 Å². The summed E-state index contributed by atoms with van der Waals surface area (Å²) in [6.07, 6.45) is 4.04. The number of furan rings is 1. The van der Waals surface area contributed by atoms with Gasteiger partial charge in [0, 0.05) is 6.42 Å². The molecule has 0 saturated heterocycles. The lowest BCUT2D eigenvalue weighted by Crippen LogP contribution is -2.29. The van der Waals surface area contributed by atoms with Crippen molar-refractivity contribution in [2.75, 3.05) is 0 Å². The molecule has 0 aliphatic heterocycles. The van der Waals surface area contributed by atoms with E-state index in [4.69, 9.17) is 9.68 Å². The maximum atomic E-state index is 9.01. The Morgan fingerprint density at radius 1 is 1.54 bits per heavy atom. The van der Waals surface area contributed by atoms with Crippen LogP contribution in [0.25, 0.3) is 0 Å². The van der Waals surface area contributed by atoms with Crippen molar-refractivity contribution in [3.05, 3.63) is 23.7 Å². The molecule has 0 radical (unpaired) electrons. The van der Waals surface area contributed by atoms with Crippen LogP contribution in [-0.4, -0.2) is 0 Å². The second kappa shape index (κ2) is 2.92. The van der Waals surface area contributed by atoms with Crippen molar-refractivity contribution < 1.29 is 4.42 Å². The van der Waals surface area contributed by atoms with Gasteiger partial charge in [-0.05, 0) is 31.9 Å². The Labute approximate surface area is 78.2 Å². The molecule has 13 heavy (non-hydrogen) atoms. The third-order valence-corrected chi connectivity index (χ3v) is 2.86.